The van der Waals surface area contributed by atoms with Crippen LogP contribution in [-0.2, 0) is 16.0 Å². The van der Waals surface area contributed by atoms with Crippen molar-refractivity contribution in [1.29, 1.82) is 0 Å². The van der Waals surface area contributed by atoms with Gasteiger partial charge in [-0.25, -0.2) is 0 Å². The Balaban J connectivity index is 1.85. The molecule has 2 atom stereocenters. The number of rotatable bonds is 5. The Morgan fingerprint density at radius 1 is 1.40 bits per heavy atom. The highest BCUT2D eigenvalue weighted by Crippen LogP contribution is 2.42. The van der Waals surface area contributed by atoms with Crippen LogP contribution in [-0.4, -0.2) is 24.7 Å². The number of nitrogens with two attached hydrogens (primary N) is 1. The van der Waals surface area contributed by atoms with E-state index in [1.54, 1.807) is 0 Å². The van der Waals surface area contributed by atoms with Gasteiger partial charge in [0.05, 0.1) is 12.5 Å². The Kier molecular flexibility index (Phi) is 4.33. The lowest BCUT2D eigenvalue weighted by Crippen LogP contribution is -2.62. The summed E-state index contributed by atoms with van der Waals surface area (Å²) in [5.41, 5.74) is 7.34. The van der Waals surface area contributed by atoms with Crippen LogP contribution in [0.1, 0.15) is 32.8 Å². The molecule has 1 aromatic carbocycles. The minimum Gasteiger partial charge on any atom is -0.399 e. The maximum Gasteiger partial charge on any atom is 0.224 e. The average Bonchev–Trinajstić information content (AvgIpc) is 2.40. The summed E-state index contributed by atoms with van der Waals surface area (Å²) >= 11 is 0. The van der Waals surface area contributed by atoms with Gasteiger partial charge in [0, 0.05) is 23.8 Å². The second kappa shape index (κ2) is 5.83. The quantitative estimate of drug-likeness (QED) is 0.810. The third-order valence-corrected chi connectivity index (χ3v) is 4.23. The third kappa shape index (κ3) is 3.12. The highest BCUT2D eigenvalue weighted by atomic mass is 16.5. The predicted octanol–water partition coefficient (Wildman–Crippen LogP) is 2.13. The zero-order valence-corrected chi connectivity index (χ0v) is 12.5. The molecule has 4 heteroatoms. The van der Waals surface area contributed by atoms with Crippen LogP contribution in [0.4, 0.5) is 5.69 Å². The fraction of sp³-hybridized carbons (Fsp3) is 0.562. The molecular formula is C16H24N2O2. The van der Waals surface area contributed by atoms with Crippen molar-refractivity contribution in [3.8, 4) is 0 Å². The molecule has 4 nitrogen and oxygen atoms in total. The third-order valence-electron chi connectivity index (χ3n) is 4.23. The molecule has 1 aliphatic rings. The summed E-state index contributed by atoms with van der Waals surface area (Å²) in [7, 11) is 0. The summed E-state index contributed by atoms with van der Waals surface area (Å²) < 4.78 is 5.67. The van der Waals surface area contributed by atoms with Crippen molar-refractivity contribution in [2.24, 2.45) is 5.41 Å². The maximum atomic E-state index is 12.1. The molecule has 0 radical (unpaired) electrons. The zero-order valence-electron chi connectivity index (χ0n) is 12.5. The van der Waals surface area contributed by atoms with Crippen LogP contribution in [0.2, 0.25) is 0 Å². The van der Waals surface area contributed by atoms with Gasteiger partial charge in [0.2, 0.25) is 5.91 Å². The van der Waals surface area contributed by atoms with Crippen LogP contribution in [0.15, 0.2) is 24.3 Å². The minimum absolute atomic E-state index is 0.00673. The molecule has 0 bridgehead atoms. The molecular weight excluding hydrogens is 252 g/mol. The first kappa shape index (κ1) is 14.9. The maximum absolute atomic E-state index is 12.1. The van der Waals surface area contributed by atoms with Crippen molar-refractivity contribution in [2.75, 3.05) is 12.3 Å². The SMILES string of the molecule is CCOC1CC(NC(=O)Cc2ccc(N)cc2)C1(C)C. The number of nitrogen functional groups attached to an aromatic ring is 1. The highest BCUT2D eigenvalue weighted by molar-refractivity contribution is 5.79. The minimum atomic E-state index is 0.00673. The fourth-order valence-electron chi connectivity index (χ4n) is 2.68. The van der Waals surface area contributed by atoms with Gasteiger partial charge in [-0.15, -0.1) is 0 Å². The number of carbonyl (C=O) groups excluding carboxylic acids is 1. The van der Waals surface area contributed by atoms with Gasteiger partial charge >= 0.3 is 0 Å². The first-order valence-corrected chi connectivity index (χ1v) is 7.19. The molecule has 1 fully saturated rings. The summed E-state index contributed by atoms with van der Waals surface area (Å²) in [6.07, 6.45) is 1.54. The largest absolute Gasteiger partial charge is 0.399 e. The topological polar surface area (TPSA) is 64.3 Å². The normalized spacial score (nSPS) is 23.9. The molecule has 110 valence electrons. The number of anilines is 1. The molecule has 0 saturated heterocycles. The van der Waals surface area contributed by atoms with E-state index in [0.29, 0.717) is 12.1 Å². The molecule has 3 N–H and O–H groups in total. The first-order chi connectivity index (χ1) is 9.43. The van der Waals surface area contributed by atoms with Crippen LogP contribution in [0.25, 0.3) is 0 Å². The van der Waals surface area contributed by atoms with Crippen LogP contribution in [0.5, 0.6) is 0 Å². The van der Waals surface area contributed by atoms with E-state index < -0.39 is 0 Å². The zero-order chi connectivity index (χ0) is 14.8. The second-order valence-electron chi connectivity index (χ2n) is 6.04. The summed E-state index contributed by atoms with van der Waals surface area (Å²) in [4.78, 5) is 12.1. The summed E-state index contributed by atoms with van der Waals surface area (Å²) in [6.45, 7) is 7.01. The van der Waals surface area contributed by atoms with E-state index in [1.165, 1.54) is 0 Å². The summed E-state index contributed by atoms with van der Waals surface area (Å²) in [5, 5.41) is 3.11. The number of carbonyl (C=O) groups is 1. The van der Waals surface area contributed by atoms with Gasteiger partial charge in [0.1, 0.15) is 0 Å². The lowest BCUT2D eigenvalue weighted by molar-refractivity contribution is -0.136. The van der Waals surface area contributed by atoms with Gasteiger partial charge < -0.3 is 15.8 Å². The van der Waals surface area contributed by atoms with Crippen molar-refractivity contribution < 1.29 is 9.53 Å². The fourth-order valence-corrected chi connectivity index (χ4v) is 2.68. The van der Waals surface area contributed by atoms with Crippen LogP contribution in [0, 0.1) is 5.41 Å². The molecule has 2 rings (SSSR count). The van der Waals surface area contributed by atoms with Crippen molar-refractivity contribution in [1.82, 2.24) is 5.32 Å². The molecule has 1 aromatic rings. The lowest BCUT2D eigenvalue weighted by atomic mass is 9.64. The van der Waals surface area contributed by atoms with Gasteiger partial charge in [-0.2, -0.15) is 0 Å². The van der Waals surface area contributed by atoms with Crippen LogP contribution in [0.3, 0.4) is 0 Å². The molecule has 1 aliphatic carbocycles. The standard InChI is InChI=1S/C16H24N2O2/c1-4-20-14-10-13(16(14,2)3)18-15(19)9-11-5-7-12(17)8-6-11/h5-8,13-14H,4,9-10,17H2,1-3H3,(H,18,19). The molecule has 1 amide bonds. The van der Waals surface area contributed by atoms with E-state index in [-0.39, 0.29) is 23.5 Å². The summed E-state index contributed by atoms with van der Waals surface area (Å²) in [6, 6.07) is 7.62. The smallest absolute Gasteiger partial charge is 0.224 e. The average molecular weight is 276 g/mol. The van der Waals surface area contributed by atoms with E-state index in [4.69, 9.17) is 10.5 Å². The van der Waals surface area contributed by atoms with Gasteiger partial charge in [-0.05, 0) is 31.0 Å². The second-order valence-corrected chi connectivity index (χ2v) is 6.04. The van der Waals surface area contributed by atoms with E-state index >= 15 is 0 Å². The highest BCUT2D eigenvalue weighted by Gasteiger charge is 2.49. The number of ether oxygens (including phenoxy) is 1. The van der Waals surface area contributed by atoms with Gasteiger partial charge in [0.15, 0.2) is 0 Å². The molecule has 0 heterocycles. The van der Waals surface area contributed by atoms with Crippen LogP contribution >= 0.6 is 0 Å². The monoisotopic (exact) mass is 276 g/mol. The molecule has 20 heavy (non-hydrogen) atoms. The Morgan fingerprint density at radius 3 is 2.60 bits per heavy atom. The van der Waals surface area contributed by atoms with Crippen LogP contribution < -0.4 is 11.1 Å². The van der Waals surface area contributed by atoms with Crippen molar-refractivity contribution in [2.45, 2.75) is 45.8 Å². The van der Waals surface area contributed by atoms with Crippen molar-refractivity contribution in [3.63, 3.8) is 0 Å². The van der Waals surface area contributed by atoms with Gasteiger partial charge in [-0.1, -0.05) is 26.0 Å². The number of amides is 1. The van der Waals surface area contributed by atoms with E-state index in [0.717, 1.165) is 18.6 Å². The Hall–Kier alpha value is -1.55. The number of benzene rings is 1. The summed E-state index contributed by atoms with van der Waals surface area (Å²) in [5.74, 6) is 0.0581. The molecule has 1 saturated carbocycles. The predicted molar refractivity (Wildman–Crippen MR) is 80.3 cm³/mol. The Labute approximate surface area is 120 Å². The molecule has 0 aromatic heterocycles. The van der Waals surface area contributed by atoms with Crippen molar-refractivity contribution >= 4 is 11.6 Å². The molecule has 0 aliphatic heterocycles. The number of hydrogen-bond donors (Lipinski definition) is 2. The number of nitrogens with one attached hydrogen (secondary N) is 1. The first-order valence-electron chi connectivity index (χ1n) is 7.19. The number of hydrogen-bond acceptors (Lipinski definition) is 3. The van der Waals surface area contributed by atoms with E-state index in [2.05, 4.69) is 19.2 Å². The molecule has 2 unspecified atom stereocenters. The lowest BCUT2D eigenvalue weighted by Gasteiger charge is -2.51. The van der Waals surface area contributed by atoms with Gasteiger partial charge in [-0.3, -0.25) is 4.79 Å². The van der Waals surface area contributed by atoms with Gasteiger partial charge in [0.25, 0.3) is 0 Å². The Bertz CT molecular complexity index is 468. The van der Waals surface area contributed by atoms with E-state index in [1.807, 2.05) is 31.2 Å². The Morgan fingerprint density at radius 2 is 2.05 bits per heavy atom. The van der Waals surface area contributed by atoms with Crippen molar-refractivity contribution in [3.05, 3.63) is 29.8 Å². The molecule has 0 spiro atoms. The van der Waals surface area contributed by atoms with E-state index in [9.17, 15) is 4.79 Å².